The van der Waals surface area contributed by atoms with Crippen LogP contribution in [0.5, 0.6) is 0 Å². The molecular formula is C20H31N. The van der Waals surface area contributed by atoms with Crippen molar-refractivity contribution >= 4 is 0 Å². The number of aryl methyl sites for hydroxylation is 1. The van der Waals surface area contributed by atoms with E-state index in [0.29, 0.717) is 16.9 Å². The Kier molecular flexibility index (Phi) is 3.68. The summed E-state index contributed by atoms with van der Waals surface area (Å²) in [6.07, 6.45) is 5.29. The van der Waals surface area contributed by atoms with Gasteiger partial charge >= 0.3 is 0 Å². The van der Waals surface area contributed by atoms with Crippen LogP contribution in [0.3, 0.4) is 0 Å². The molecule has 0 heterocycles. The van der Waals surface area contributed by atoms with Gasteiger partial charge in [-0.05, 0) is 66.5 Å². The maximum absolute atomic E-state index is 3.65. The molecule has 0 spiro atoms. The standard InChI is InChI=1S/C20H31N/c1-19(2)18(20(19,3)4)17(21-5)13-15-11-8-10-14-9-6-7-12-16(14)15/h6-7,9,12,15,17-18,21H,8,10-11,13H2,1-5H3. The minimum absolute atomic E-state index is 0.467. The summed E-state index contributed by atoms with van der Waals surface area (Å²) in [6, 6.07) is 9.77. The zero-order valence-corrected chi connectivity index (χ0v) is 14.4. The number of hydrogen-bond acceptors (Lipinski definition) is 1. The molecule has 1 fully saturated rings. The van der Waals surface area contributed by atoms with Crippen LogP contribution in [0, 0.1) is 16.7 Å². The lowest BCUT2D eigenvalue weighted by Gasteiger charge is -2.30. The lowest BCUT2D eigenvalue weighted by Crippen LogP contribution is -2.32. The molecular weight excluding hydrogens is 254 g/mol. The molecule has 2 aliphatic rings. The summed E-state index contributed by atoms with van der Waals surface area (Å²) in [5.41, 5.74) is 4.15. The van der Waals surface area contributed by atoms with E-state index in [4.69, 9.17) is 0 Å². The van der Waals surface area contributed by atoms with E-state index in [9.17, 15) is 0 Å². The number of rotatable bonds is 4. The first-order valence-corrected chi connectivity index (χ1v) is 8.64. The van der Waals surface area contributed by atoms with Crippen LogP contribution in [-0.2, 0) is 6.42 Å². The fraction of sp³-hybridized carbons (Fsp3) is 0.700. The molecule has 0 bridgehead atoms. The number of fused-ring (bicyclic) bond motifs is 1. The van der Waals surface area contributed by atoms with Gasteiger partial charge in [-0.15, -0.1) is 0 Å². The van der Waals surface area contributed by atoms with Gasteiger partial charge in [-0.2, -0.15) is 0 Å². The fourth-order valence-electron chi connectivity index (χ4n) is 5.08. The highest BCUT2D eigenvalue weighted by atomic mass is 14.9. The minimum atomic E-state index is 0.467. The van der Waals surface area contributed by atoms with Gasteiger partial charge in [0.05, 0.1) is 0 Å². The highest BCUT2D eigenvalue weighted by molar-refractivity contribution is 5.33. The molecule has 1 nitrogen and oxygen atoms in total. The summed E-state index contributed by atoms with van der Waals surface area (Å²) in [4.78, 5) is 0. The van der Waals surface area contributed by atoms with E-state index in [2.05, 4.69) is 64.3 Å². The number of nitrogens with one attached hydrogen (secondary N) is 1. The fourth-order valence-corrected chi connectivity index (χ4v) is 5.08. The smallest absolute Gasteiger partial charge is 0.0109 e. The molecule has 2 aliphatic carbocycles. The summed E-state index contributed by atoms with van der Waals surface area (Å²) in [7, 11) is 2.16. The molecule has 1 aromatic carbocycles. The van der Waals surface area contributed by atoms with Gasteiger partial charge in [0.1, 0.15) is 0 Å². The summed E-state index contributed by atoms with van der Waals surface area (Å²) in [5.74, 6) is 1.55. The Labute approximate surface area is 130 Å². The molecule has 0 aliphatic heterocycles. The Morgan fingerprint density at radius 3 is 2.43 bits per heavy atom. The molecule has 1 heteroatoms. The van der Waals surface area contributed by atoms with Crippen molar-refractivity contribution in [2.75, 3.05) is 7.05 Å². The van der Waals surface area contributed by atoms with Crippen LogP contribution in [0.25, 0.3) is 0 Å². The van der Waals surface area contributed by atoms with E-state index in [1.807, 2.05) is 0 Å². The van der Waals surface area contributed by atoms with E-state index in [1.165, 1.54) is 25.7 Å². The molecule has 2 unspecified atom stereocenters. The van der Waals surface area contributed by atoms with E-state index in [0.717, 1.165) is 11.8 Å². The minimum Gasteiger partial charge on any atom is -0.317 e. The third-order valence-electron chi connectivity index (χ3n) is 6.94. The van der Waals surface area contributed by atoms with Crippen LogP contribution < -0.4 is 5.32 Å². The Hall–Kier alpha value is -0.820. The number of hydrogen-bond donors (Lipinski definition) is 1. The van der Waals surface area contributed by atoms with Crippen molar-refractivity contribution in [1.82, 2.24) is 5.32 Å². The Morgan fingerprint density at radius 1 is 1.14 bits per heavy atom. The third kappa shape index (κ3) is 2.34. The van der Waals surface area contributed by atoms with Crippen molar-refractivity contribution < 1.29 is 0 Å². The van der Waals surface area contributed by atoms with Crippen molar-refractivity contribution in [1.29, 1.82) is 0 Å². The Balaban J connectivity index is 1.78. The quantitative estimate of drug-likeness (QED) is 0.840. The van der Waals surface area contributed by atoms with E-state index < -0.39 is 0 Å². The summed E-state index contributed by atoms with van der Waals surface area (Å²) in [5, 5.41) is 3.65. The topological polar surface area (TPSA) is 12.0 Å². The van der Waals surface area contributed by atoms with Crippen molar-refractivity contribution in [3.63, 3.8) is 0 Å². The van der Waals surface area contributed by atoms with Gasteiger partial charge in [-0.3, -0.25) is 0 Å². The number of benzene rings is 1. The zero-order valence-electron chi connectivity index (χ0n) is 14.4. The highest BCUT2D eigenvalue weighted by Gasteiger charge is 2.66. The zero-order chi connectivity index (χ0) is 15.3. The monoisotopic (exact) mass is 285 g/mol. The van der Waals surface area contributed by atoms with Crippen molar-refractivity contribution in [2.45, 2.75) is 65.3 Å². The largest absolute Gasteiger partial charge is 0.317 e. The lowest BCUT2D eigenvalue weighted by molar-refractivity contribution is 0.356. The van der Waals surface area contributed by atoms with Crippen molar-refractivity contribution in [2.24, 2.45) is 16.7 Å². The Morgan fingerprint density at radius 2 is 1.81 bits per heavy atom. The molecule has 1 aromatic rings. The van der Waals surface area contributed by atoms with Crippen molar-refractivity contribution in [3.05, 3.63) is 35.4 Å². The highest BCUT2D eigenvalue weighted by Crippen LogP contribution is 2.70. The first-order chi connectivity index (χ1) is 9.89. The van der Waals surface area contributed by atoms with Gasteiger partial charge in [0.25, 0.3) is 0 Å². The van der Waals surface area contributed by atoms with Crippen LogP contribution in [-0.4, -0.2) is 13.1 Å². The van der Waals surface area contributed by atoms with Gasteiger partial charge in [0.15, 0.2) is 0 Å². The first-order valence-electron chi connectivity index (χ1n) is 8.64. The third-order valence-corrected chi connectivity index (χ3v) is 6.94. The van der Waals surface area contributed by atoms with Crippen LogP contribution in [0.15, 0.2) is 24.3 Å². The predicted molar refractivity (Wildman–Crippen MR) is 90.6 cm³/mol. The second kappa shape index (κ2) is 5.12. The summed E-state index contributed by atoms with van der Waals surface area (Å²) in [6.45, 7) is 9.77. The van der Waals surface area contributed by atoms with Crippen LogP contribution in [0.1, 0.15) is 64.0 Å². The van der Waals surface area contributed by atoms with E-state index in [-0.39, 0.29) is 0 Å². The molecule has 0 aromatic heterocycles. The molecule has 0 saturated heterocycles. The molecule has 1 saturated carbocycles. The van der Waals surface area contributed by atoms with Gasteiger partial charge in [0, 0.05) is 6.04 Å². The Bertz CT molecular complexity index is 500. The van der Waals surface area contributed by atoms with Crippen molar-refractivity contribution in [3.8, 4) is 0 Å². The maximum Gasteiger partial charge on any atom is 0.0109 e. The van der Waals surface area contributed by atoms with Crippen LogP contribution in [0.2, 0.25) is 0 Å². The second-order valence-corrected chi connectivity index (χ2v) is 8.34. The second-order valence-electron chi connectivity index (χ2n) is 8.34. The van der Waals surface area contributed by atoms with Crippen LogP contribution >= 0.6 is 0 Å². The molecule has 21 heavy (non-hydrogen) atoms. The van der Waals surface area contributed by atoms with E-state index in [1.54, 1.807) is 11.1 Å². The average Bonchev–Trinajstić information content (AvgIpc) is 2.87. The van der Waals surface area contributed by atoms with E-state index >= 15 is 0 Å². The SMILES string of the molecule is CNC(CC1CCCc2ccccc21)C1C(C)(C)C1(C)C. The molecule has 0 amide bonds. The lowest BCUT2D eigenvalue weighted by atomic mass is 9.78. The normalized spacial score (nSPS) is 28.0. The molecule has 116 valence electrons. The van der Waals surface area contributed by atoms with Gasteiger partial charge in [-0.25, -0.2) is 0 Å². The first kappa shape index (κ1) is 15.1. The predicted octanol–water partition coefficient (Wildman–Crippen LogP) is 4.77. The van der Waals surface area contributed by atoms with Gasteiger partial charge in [-0.1, -0.05) is 52.0 Å². The maximum atomic E-state index is 3.65. The molecule has 0 radical (unpaired) electrons. The molecule has 2 atom stereocenters. The molecule has 1 N–H and O–H groups in total. The van der Waals surface area contributed by atoms with Gasteiger partial charge < -0.3 is 5.32 Å². The van der Waals surface area contributed by atoms with Crippen LogP contribution in [0.4, 0.5) is 0 Å². The average molecular weight is 285 g/mol. The summed E-state index contributed by atoms with van der Waals surface area (Å²) >= 11 is 0. The van der Waals surface area contributed by atoms with Gasteiger partial charge in [0.2, 0.25) is 0 Å². The summed E-state index contributed by atoms with van der Waals surface area (Å²) < 4.78 is 0. The molecule has 3 rings (SSSR count).